The molecule has 0 unspecified atom stereocenters. The van der Waals surface area contributed by atoms with Gasteiger partial charge in [0.1, 0.15) is 0 Å². The molecular formula is C14H24N2S2. The van der Waals surface area contributed by atoms with Gasteiger partial charge in [-0.3, -0.25) is 5.14 Å². The van der Waals surface area contributed by atoms with Crippen molar-refractivity contribution < 1.29 is 0 Å². The molecule has 2 N–H and O–H groups in total. The highest BCUT2D eigenvalue weighted by atomic mass is 32.2. The zero-order valence-electron chi connectivity index (χ0n) is 11.1. The summed E-state index contributed by atoms with van der Waals surface area (Å²) in [5.41, 5.74) is 1.33. The summed E-state index contributed by atoms with van der Waals surface area (Å²) in [5.74, 6) is 1.04. The van der Waals surface area contributed by atoms with Crippen molar-refractivity contribution in [1.82, 2.24) is 0 Å². The number of nitrogens with zero attached hydrogens (tertiary/aromatic N) is 1. The highest BCUT2D eigenvalue weighted by Crippen LogP contribution is 2.22. The lowest BCUT2D eigenvalue weighted by Crippen LogP contribution is -2.17. The first kappa shape index (κ1) is 15.7. The zero-order chi connectivity index (χ0) is 13.2. The molecule has 0 radical (unpaired) electrons. The van der Waals surface area contributed by atoms with E-state index in [1.54, 1.807) is 0 Å². The van der Waals surface area contributed by atoms with Gasteiger partial charge in [0.05, 0.1) is 0 Å². The summed E-state index contributed by atoms with van der Waals surface area (Å²) in [6.07, 6.45) is 5.17. The van der Waals surface area contributed by atoms with Gasteiger partial charge in [-0.2, -0.15) is 12.6 Å². The van der Waals surface area contributed by atoms with Crippen molar-refractivity contribution in [3.05, 3.63) is 24.3 Å². The van der Waals surface area contributed by atoms with Crippen LogP contribution in [-0.2, 0) is 0 Å². The quantitative estimate of drug-likeness (QED) is 0.647. The third-order valence-corrected chi connectivity index (χ3v) is 3.82. The second-order valence-electron chi connectivity index (χ2n) is 4.38. The molecule has 0 amide bonds. The summed E-state index contributed by atoms with van der Waals surface area (Å²) in [4.78, 5) is 3.55. The number of thiol groups is 1. The second kappa shape index (κ2) is 9.59. The van der Waals surface area contributed by atoms with Crippen LogP contribution in [0.25, 0.3) is 0 Å². The van der Waals surface area contributed by atoms with Crippen molar-refractivity contribution in [3.63, 3.8) is 0 Å². The minimum absolute atomic E-state index is 1.04. The van der Waals surface area contributed by atoms with Crippen LogP contribution in [0.2, 0.25) is 0 Å². The van der Waals surface area contributed by atoms with Gasteiger partial charge in [-0.15, -0.1) is 0 Å². The first-order valence-electron chi connectivity index (χ1n) is 6.64. The van der Waals surface area contributed by atoms with Gasteiger partial charge in [-0.05, 0) is 61.2 Å². The molecule has 0 atom stereocenters. The monoisotopic (exact) mass is 284 g/mol. The molecule has 1 saturated heterocycles. The number of hydrogen-bond donors (Lipinski definition) is 2. The maximum absolute atomic E-state index is 5.46. The Bertz CT molecular complexity index is 306. The first-order valence-corrected chi connectivity index (χ1v) is 8.15. The number of hydrogen-bond acceptors (Lipinski definition) is 4. The van der Waals surface area contributed by atoms with Crippen molar-refractivity contribution in [3.8, 4) is 0 Å². The molecule has 1 aromatic carbocycles. The normalized spacial score (nSPS) is 14.3. The van der Waals surface area contributed by atoms with Crippen LogP contribution in [0.5, 0.6) is 0 Å². The molecule has 2 rings (SSSR count). The minimum Gasteiger partial charge on any atom is -0.372 e. The van der Waals surface area contributed by atoms with Crippen LogP contribution < -0.4 is 10.0 Å². The van der Waals surface area contributed by atoms with Crippen molar-refractivity contribution in [2.45, 2.75) is 37.5 Å². The third-order valence-electron chi connectivity index (χ3n) is 2.96. The van der Waals surface area contributed by atoms with Gasteiger partial charge < -0.3 is 4.90 Å². The van der Waals surface area contributed by atoms with E-state index in [0.29, 0.717) is 0 Å². The lowest BCUT2D eigenvalue weighted by atomic mass is 10.3. The third kappa shape index (κ3) is 5.55. The summed E-state index contributed by atoms with van der Waals surface area (Å²) in [7, 11) is 0. The molecule has 1 aliphatic rings. The van der Waals surface area contributed by atoms with E-state index >= 15 is 0 Å². The van der Waals surface area contributed by atoms with Gasteiger partial charge in [0.15, 0.2) is 0 Å². The Balaban J connectivity index is 0.000000280. The Morgan fingerprint density at radius 3 is 2.22 bits per heavy atom. The highest BCUT2D eigenvalue weighted by molar-refractivity contribution is 7.97. The van der Waals surface area contributed by atoms with E-state index in [-0.39, 0.29) is 0 Å². The summed E-state index contributed by atoms with van der Waals surface area (Å²) >= 11 is 5.30. The molecule has 1 heterocycles. The van der Waals surface area contributed by atoms with E-state index in [1.165, 1.54) is 56.4 Å². The Morgan fingerprint density at radius 2 is 1.83 bits per heavy atom. The standard InChI is InChI=1S/C10H14N2S.C4H10S/c11-13-10-5-3-9(4-6-10)12-7-1-2-8-12;1-2-3-4-5/h3-6H,1-2,7-8,11H2;5H,2-4H2,1H3. The topological polar surface area (TPSA) is 29.3 Å². The number of anilines is 1. The molecule has 0 saturated carbocycles. The molecule has 2 nitrogen and oxygen atoms in total. The van der Waals surface area contributed by atoms with Crippen LogP contribution in [-0.4, -0.2) is 18.8 Å². The number of unbranched alkanes of at least 4 members (excludes halogenated alkanes) is 1. The molecule has 1 aliphatic heterocycles. The van der Waals surface area contributed by atoms with Crippen molar-refractivity contribution >= 4 is 30.3 Å². The second-order valence-corrected chi connectivity index (χ2v) is 5.54. The average Bonchev–Trinajstić information content (AvgIpc) is 2.94. The molecular weight excluding hydrogens is 260 g/mol. The number of benzene rings is 1. The first-order chi connectivity index (χ1) is 8.81. The fraction of sp³-hybridized carbons (Fsp3) is 0.571. The molecule has 0 aliphatic carbocycles. The van der Waals surface area contributed by atoms with Gasteiger partial charge in [-0.25, -0.2) is 0 Å². The lowest BCUT2D eigenvalue weighted by molar-refractivity contribution is 0.899. The summed E-state index contributed by atoms with van der Waals surface area (Å²) in [5, 5.41) is 5.46. The van der Waals surface area contributed by atoms with Crippen molar-refractivity contribution in [1.29, 1.82) is 0 Å². The van der Waals surface area contributed by atoms with Crippen LogP contribution in [0.1, 0.15) is 32.6 Å². The van der Waals surface area contributed by atoms with E-state index in [0.717, 1.165) is 10.6 Å². The maximum Gasteiger partial charge on any atom is 0.0366 e. The predicted octanol–water partition coefficient (Wildman–Crippen LogP) is 3.97. The fourth-order valence-electron chi connectivity index (χ4n) is 1.87. The van der Waals surface area contributed by atoms with Crippen LogP contribution in [0.15, 0.2) is 29.2 Å². The van der Waals surface area contributed by atoms with E-state index in [9.17, 15) is 0 Å². The van der Waals surface area contributed by atoms with E-state index in [4.69, 9.17) is 5.14 Å². The average molecular weight is 284 g/mol. The minimum atomic E-state index is 1.04. The molecule has 0 spiro atoms. The Kier molecular flexibility index (Phi) is 8.38. The Morgan fingerprint density at radius 1 is 1.22 bits per heavy atom. The van der Waals surface area contributed by atoms with Gasteiger partial charge in [0.2, 0.25) is 0 Å². The molecule has 102 valence electrons. The SMILES string of the molecule is CCCCS.NSc1ccc(N2CCCC2)cc1. The molecule has 0 aromatic heterocycles. The van der Waals surface area contributed by atoms with Gasteiger partial charge >= 0.3 is 0 Å². The Labute approximate surface area is 121 Å². The highest BCUT2D eigenvalue weighted by Gasteiger charge is 2.11. The van der Waals surface area contributed by atoms with Crippen LogP contribution in [0.4, 0.5) is 5.69 Å². The Hall–Kier alpha value is -0.320. The largest absolute Gasteiger partial charge is 0.372 e. The molecule has 4 heteroatoms. The van der Waals surface area contributed by atoms with E-state index in [2.05, 4.69) is 48.7 Å². The van der Waals surface area contributed by atoms with Gasteiger partial charge in [0.25, 0.3) is 0 Å². The fourth-order valence-corrected chi connectivity index (χ4v) is 2.48. The van der Waals surface area contributed by atoms with Crippen LogP contribution >= 0.6 is 24.6 Å². The molecule has 0 bridgehead atoms. The molecule has 18 heavy (non-hydrogen) atoms. The summed E-state index contributed by atoms with van der Waals surface area (Å²) < 4.78 is 0. The van der Waals surface area contributed by atoms with Crippen LogP contribution in [0, 0.1) is 0 Å². The van der Waals surface area contributed by atoms with Crippen molar-refractivity contribution in [2.75, 3.05) is 23.7 Å². The van der Waals surface area contributed by atoms with E-state index < -0.39 is 0 Å². The maximum atomic E-state index is 5.46. The van der Waals surface area contributed by atoms with E-state index in [1.807, 2.05) is 0 Å². The van der Waals surface area contributed by atoms with Crippen molar-refractivity contribution in [2.24, 2.45) is 5.14 Å². The van der Waals surface area contributed by atoms with Gasteiger partial charge in [-0.1, -0.05) is 13.3 Å². The smallest absolute Gasteiger partial charge is 0.0366 e. The summed E-state index contributed by atoms with van der Waals surface area (Å²) in [6, 6.07) is 8.47. The van der Waals surface area contributed by atoms with Crippen LogP contribution in [0.3, 0.4) is 0 Å². The lowest BCUT2D eigenvalue weighted by Gasteiger charge is -2.17. The molecule has 1 fully saturated rings. The summed E-state index contributed by atoms with van der Waals surface area (Å²) in [6.45, 7) is 4.57. The predicted molar refractivity (Wildman–Crippen MR) is 86.7 cm³/mol. The number of nitrogens with two attached hydrogens (primary N) is 1. The van der Waals surface area contributed by atoms with Gasteiger partial charge in [0, 0.05) is 23.7 Å². The number of rotatable bonds is 4. The molecule has 1 aromatic rings. The zero-order valence-corrected chi connectivity index (χ0v) is 12.9.